The van der Waals surface area contributed by atoms with E-state index in [1.54, 1.807) is 26.4 Å². The summed E-state index contributed by atoms with van der Waals surface area (Å²) in [5.41, 5.74) is 0.641. The number of carbonyl (C=O) groups is 1. The van der Waals surface area contributed by atoms with Gasteiger partial charge in [0.05, 0.1) is 25.9 Å². The van der Waals surface area contributed by atoms with Gasteiger partial charge in [0.1, 0.15) is 11.5 Å². The minimum absolute atomic E-state index is 0.0137. The maximum Gasteiger partial charge on any atom is 0.241 e. The average Bonchev–Trinajstić information content (AvgIpc) is 2.66. The first-order valence-corrected chi connectivity index (χ1v) is 9.00. The molecule has 1 aliphatic heterocycles. The molecule has 6 heteroatoms. The monoisotopic (exact) mass is 349 g/mol. The molecule has 1 aliphatic rings. The molecule has 0 bridgehead atoms. The highest BCUT2D eigenvalue weighted by molar-refractivity contribution is 5.96. The Morgan fingerprint density at radius 1 is 1.28 bits per heavy atom. The lowest BCUT2D eigenvalue weighted by atomic mass is 9.93. The van der Waals surface area contributed by atoms with E-state index in [4.69, 9.17) is 9.47 Å². The zero-order chi connectivity index (χ0) is 18.2. The molecule has 6 nitrogen and oxygen atoms in total. The Morgan fingerprint density at radius 3 is 2.60 bits per heavy atom. The maximum atomic E-state index is 12.7. The molecule has 1 fully saturated rings. The molecule has 2 rings (SSSR count). The molecule has 0 saturated carbocycles. The molecule has 25 heavy (non-hydrogen) atoms. The smallest absolute Gasteiger partial charge is 0.241 e. The number of carbonyl (C=O) groups excluding carboxylic acids is 1. The van der Waals surface area contributed by atoms with Gasteiger partial charge < -0.3 is 20.1 Å². The predicted octanol–water partition coefficient (Wildman–Crippen LogP) is 2.35. The van der Waals surface area contributed by atoms with Crippen LogP contribution in [0.15, 0.2) is 18.2 Å². The number of ether oxygens (including phenoxy) is 2. The van der Waals surface area contributed by atoms with Gasteiger partial charge in [-0.15, -0.1) is 0 Å². The summed E-state index contributed by atoms with van der Waals surface area (Å²) in [6, 6.07) is 5.23. The molecular weight excluding hydrogens is 318 g/mol. The molecule has 1 aromatic rings. The maximum absolute atomic E-state index is 12.7. The highest BCUT2D eigenvalue weighted by atomic mass is 16.5. The van der Waals surface area contributed by atoms with Gasteiger partial charge >= 0.3 is 0 Å². The van der Waals surface area contributed by atoms with Crippen LogP contribution < -0.4 is 20.1 Å². The second-order valence-corrected chi connectivity index (χ2v) is 6.60. The summed E-state index contributed by atoms with van der Waals surface area (Å²) in [5, 5.41) is 6.20. The normalized spacial score (nSPS) is 17.1. The minimum Gasteiger partial charge on any atom is -0.497 e. The Hall–Kier alpha value is -1.79. The van der Waals surface area contributed by atoms with Crippen LogP contribution >= 0.6 is 0 Å². The summed E-state index contributed by atoms with van der Waals surface area (Å²) in [7, 11) is 5.19. The zero-order valence-electron chi connectivity index (χ0n) is 15.8. The van der Waals surface area contributed by atoms with Crippen molar-refractivity contribution in [1.82, 2.24) is 10.2 Å². The molecule has 1 atom stereocenters. The number of benzene rings is 1. The van der Waals surface area contributed by atoms with Crippen LogP contribution in [-0.4, -0.2) is 57.8 Å². The fraction of sp³-hybridized carbons (Fsp3) is 0.632. The summed E-state index contributed by atoms with van der Waals surface area (Å²) < 4.78 is 10.6. The quantitative estimate of drug-likeness (QED) is 0.754. The third kappa shape index (κ3) is 5.34. The molecule has 0 radical (unpaired) electrons. The van der Waals surface area contributed by atoms with Crippen LogP contribution in [0.25, 0.3) is 0 Å². The van der Waals surface area contributed by atoms with Crippen molar-refractivity contribution < 1.29 is 14.3 Å². The highest BCUT2D eigenvalue weighted by Gasteiger charge is 2.26. The number of nitrogens with zero attached hydrogens (tertiary/aromatic N) is 1. The molecule has 140 valence electrons. The second-order valence-electron chi connectivity index (χ2n) is 6.60. The van der Waals surface area contributed by atoms with E-state index in [9.17, 15) is 4.79 Å². The van der Waals surface area contributed by atoms with E-state index in [0.29, 0.717) is 17.2 Å². The van der Waals surface area contributed by atoms with Gasteiger partial charge in [-0.25, -0.2) is 0 Å². The Bertz CT molecular complexity index is 557. The lowest BCUT2D eigenvalue weighted by molar-refractivity contribution is -0.121. The Kier molecular flexibility index (Phi) is 7.52. The topological polar surface area (TPSA) is 62.8 Å². The minimum atomic E-state index is -0.166. The van der Waals surface area contributed by atoms with E-state index in [0.717, 1.165) is 38.4 Å². The summed E-state index contributed by atoms with van der Waals surface area (Å²) in [6.45, 7) is 4.97. The van der Waals surface area contributed by atoms with Crippen molar-refractivity contribution in [3.63, 3.8) is 0 Å². The van der Waals surface area contributed by atoms with Crippen molar-refractivity contribution in [2.75, 3.05) is 46.2 Å². The number of nitrogens with one attached hydrogen (secondary N) is 2. The van der Waals surface area contributed by atoms with Crippen molar-refractivity contribution in [3.05, 3.63) is 18.2 Å². The summed E-state index contributed by atoms with van der Waals surface area (Å²) in [6.07, 6.45) is 3.52. The van der Waals surface area contributed by atoms with Crippen molar-refractivity contribution >= 4 is 11.6 Å². The fourth-order valence-corrected chi connectivity index (χ4v) is 3.29. The van der Waals surface area contributed by atoms with Crippen LogP contribution in [0.1, 0.15) is 26.2 Å². The number of likely N-dealkylation sites (tertiary alicyclic amines) is 1. The van der Waals surface area contributed by atoms with E-state index >= 15 is 0 Å². The molecule has 0 aromatic heterocycles. The molecule has 1 heterocycles. The molecule has 2 N–H and O–H groups in total. The lowest BCUT2D eigenvalue weighted by Crippen LogP contribution is -2.46. The second kappa shape index (κ2) is 9.63. The van der Waals surface area contributed by atoms with Crippen LogP contribution in [0.5, 0.6) is 11.5 Å². The molecule has 1 amide bonds. The SMILES string of the molecule is CNCCC1CCN(C(C)C(=O)Nc2cc(OC)ccc2OC)CC1. The van der Waals surface area contributed by atoms with Crippen LogP contribution in [0, 0.1) is 5.92 Å². The first kappa shape index (κ1) is 19.5. The van der Waals surface area contributed by atoms with Gasteiger partial charge in [0.25, 0.3) is 0 Å². The number of anilines is 1. The highest BCUT2D eigenvalue weighted by Crippen LogP contribution is 2.29. The summed E-state index contributed by atoms with van der Waals surface area (Å²) >= 11 is 0. The Morgan fingerprint density at radius 2 is 2.00 bits per heavy atom. The first-order valence-electron chi connectivity index (χ1n) is 9.00. The van der Waals surface area contributed by atoms with Gasteiger partial charge in [0, 0.05) is 6.07 Å². The van der Waals surface area contributed by atoms with Gasteiger partial charge in [-0.05, 0) is 70.9 Å². The largest absolute Gasteiger partial charge is 0.497 e. The standard InChI is InChI=1S/C19H31N3O3/c1-14(22-11-8-15(9-12-22)7-10-20-2)19(23)21-17-13-16(24-3)5-6-18(17)25-4/h5-6,13-15,20H,7-12H2,1-4H3,(H,21,23). The van der Waals surface area contributed by atoms with E-state index < -0.39 is 0 Å². The third-order valence-electron chi connectivity index (χ3n) is 5.04. The van der Waals surface area contributed by atoms with E-state index in [1.807, 2.05) is 20.0 Å². The van der Waals surface area contributed by atoms with Crippen LogP contribution in [0.2, 0.25) is 0 Å². The number of hydrogen-bond donors (Lipinski definition) is 2. The zero-order valence-corrected chi connectivity index (χ0v) is 15.8. The number of rotatable bonds is 8. The van der Waals surface area contributed by atoms with Crippen molar-refractivity contribution in [3.8, 4) is 11.5 Å². The molecular formula is C19H31N3O3. The number of piperidine rings is 1. The molecule has 0 aliphatic carbocycles. The lowest BCUT2D eigenvalue weighted by Gasteiger charge is -2.35. The van der Waals surface area contributed by atoms with Gasteiger partial charge in [-0.1, -0.05) is 0 Å². The first-order chi connectivity index (χ1) is 12.1. The van der Waals surface area contributed by atoms with Crippen molar-refractivity contribution in [2.45, 2.75) is 32.2 Å². The van der Waals surface area contributed by atoms with Crippen molar-refractivity contribution in [2.24, 2.45) is 5.92 Å². The van der Waals surface area contributed by atoms with Crippen LogP contribution in [-0.2, 0) is 4.79 Å². The van der Waals surface area contributed by atoms with Gasteiger partial charge in [-0.3, -0.25) is 9.69 Å². The van der Waals surface area contributed by atoms with Crippen molar-refractivity contribution in [1.29, 1.82) is 0 Å². The molecule has 1 saturated heterocycles. The number of amides is 1. The predicted molar refractivity (Wildman–Crippen MR) is 100 cm³/mol. The number of hydrogen-bond acceptors (Lipinski definition) is 5. The Labute approximate surface area is 150 Å². The average molecular weight is 349 g/mol. The molecule has 0 spiro atoms. The summed E-state index contributed by atoms with van der Waals surface area (Å²) in [5.74, 6) is 2.07. The third-order valence-corrected chi connectivity index (χ3v) is 5.04. The van der Waals surface area contributed by atoms with E-state index in [-0.39, 0.29) is 11.9 Å². The Balaban J connectivity index is 1.93. The van der Waals surface area contributed by atoms with E-state index in [2.05, 4.69) is 15.5 Å². The van der Waals surface area contributed by atoms with Crippen LogP contribution in [0.3, 0.4) is 0 Å². The van der Waals surface area contributed by atoms with Gasteiger partial charge in [0.2, 0.25) is 5.91 Å². The van der Waals surface area contributed by atoms with E-state index in [1.165, 1.54) is 6.42 Å². The fourth-order valence-electron chi connectivity index (χ4n) is 3.29. The number of methoxy groups -OCH3 is 2. The summed E-state index contributed by atoms with van der Waals surface area (Å²) in [4.78, 5) is 14.9. The van der Waals surface area contributed by atoms with Gasteiger partial charge in [-0.2, -0.15) is 0 Å². The van der Waals surface area contributed by atoms with Crippen LogP contribution in [0.4, 0.5) is 5.69 Å². The molecule has 1 aromatic carbocycles. The van der Waals surface area contributed by atoms with Gasteiger partial charge in [0.15, 0.2) is 0 Å². The molecule has 1 unspecified atom stereocenters.